The highest BCUT2D eigenvalue weighted by atomic mass is 35.5. The number of anilines is 1. The lowest BCUT2D eigenvalue weighted by atomic mass is 9.64. The normalized spacial score (nSPS) is 24.0. The van der Waals surface area contributed by atoms with Gasteiger partial charge in [-0.2, -0.15) is 28.2 Å². The van der Waals surface area contributed by atoms with E-state index >= 15 is 0 Å². The first-order valence-corrected chi connectivity index (χ1v) is 11.2. The molecule has 34 heavy (non-hydrogen) atoms. The number of carbonyl (C=O) groups excluding carboxylic acids is 1. The highest BCUT2D eigenvalue weighted by Crippen LogP contribution is 2.47. The molecule has 3 aliphatic rings. The number of nitrogens with one attached hydrogen (secondary N) is 1. The predicted octanol–water partition coefficient (Wildman–Crippen LogP) is 4.08. The van der Waals surface area contributed by atoms with Crippen molar-refractivity contribution in [1.82, 2.24) is 29.9 Å². The number of hydrogen-bond donors (Lipinski definition) is 1. The van der Waals surface area contributed by atoms with Gasteiger partial charge in [0, 0.05) is 17.6 Å². The van der Waals surface area contributed by atoms with Crippen LogP contribution in [0, 0.1) is 11.8 Å². The number of nitrogens with zero attached hydrogens (tertiary/aromatic N) is 6. The molecule has 0 spiro atoms. The Hall–Kier alpha value is -3.21. The molecule has 1 amide bonds. The maximum atomic E-state index is 13.8. The Morgan fingerprint density at radius 2 is 1.91 bits per heavy atom. The summed E-state index contributed by atoms with van der Waals surface area (Å²) in [6, 6.07) is 4.89. The number of fused-ring (bicyclic) bond motifs is 2. The van der Waals surface area contributed by atoms with Crippen LogP contribution in [0.15, 0.2) is 43.0 Å². The van der Waals surface area contributed by atoms with E-state index in [1.807, 2.05) is 4.90 Å². The Kier molecular flexibility index (Phi) is 5.67. The van der Waals surface area contributed by atoms with Crippen molar-refractivity contribution >= 4 is 23.3 Å². The van der Waals surface area contributed by atoms with Gasteiger partial charge in [-0.1, -0.05) is 18.5 Å². The van der Waals surface area contributed by atoms with Gasteiger partial charge >= 0.3 is 6.18 Å². The molecule has 2 aromatic heterocycles. The van der Waals surface area contributed by atoms with Gasteiger partial charge in [0.1, 0.15) is 5.82 Å². The fourth-order valence-electron chi connectivity index (χ4n) is 4.83. The third kappa shape index (κ3) is 4.08. The first-order valence-electron chi connectivity index (χ1n) is 10.8. The Balaban J connectivity index is 1.40. The number of halogens is 4. The van der Waals surface area contributed by atoms with Crippen molar-refractivity contribution in [2.24, 2.45) is 11.8 Å². The largest absolute Gasteiger partial charge is 0.434 e. The van der Waals surface area contributed by atoms with Crippen LogP contribution in [0.4, 0.5) is 19.0 Å². The first kappa shape index (κ1) is 22.6. The van der Waals surface area contributed by atoms with Crippen LogP contribution in [0.25, 0.3) is 5.69 Å². The molecule has 1 aliphatic carbocycles. The number of aromatic nitrogens is 5. The number of rotatable bonds is 5. The van der Waals surface area contributed by atoms with Crippen LogP contribution in [-0.4, -0.2) is 54.4 Å². The minimum atomic E-state index is -4.55. The van der Waals surface area contributed by atoms with Crippen molar-refractivity contribution in [1.29, 1.82) is 0 Å². The molecule has 0 radical (unpaired) electrons. The van der Waals surface area contributed by atoms with E-state index in [1.165, 1.54) is 17.2 Å². The van der Waals surface area contributed by atoms with Gasteiger partial charge in [-0.25, -0.2) is 9.97 Å². The quantitative estimate of drug-likeness (QED) is 0.578. The Bertz CT molecular complexity index is 1180. The molecule has 4 heterocycles. The lowest BCUT2D eigenvalue weighted by molar-refractivity contribution is -0.141. The van der Waals surface area contributed by atoms with Crippen LogP contribution in [0.3, 0.4) is 0 Å². The Labute approximate surface area is 198 Å². The van der Waals surface area contributed by atoms with Crippen LogP contribution in [0.2, 0.25) is 5.02 Å². The molecule has 1 aromatic carbocycles. The van der Waals surface area contributed by atoms with E-state index in [9.17, 15) is 18.0 Å². The maximum Gasteiger partial charge on any atom is 0.434 e. The molecule has 1 N–H and O–H groups in total. The van der Waals surface area contributed by atoms with E-state index in [1.54, 1.807) is 18.2 Å². The van der Waals surface area contributed by atoms with Gasteiger partial charge in [0.15, 0.2) is 5.69 Å². The van der Waals surface area contributed by atoms with Crippen LogP contribution < -0.4 is 5.32 Å². The zero-order chi connectivity index (χ0) is 24.0. The molecule has 3 aromatic rings. The molecule has 12 heteroatoms. The van der Waals surface area contributed by atoms with Crippen LogP contribution in [-0.2, 0) is 6.18 Å². The Morgan fingerprint density at radius 3 is 2.56 bits per heavy atom. The Morgan fingerprint density at radius 1 is 1.18 bits per heavy atom. The van der Waals surface area contributed by atoms with Crippen LogP contribution in [0.5, 0.6) is 0 Å². The van der Waals surface area contributed by atoms with Crippen molar-refractivity contribution < 1.29 is 18.0 Å². The third-order valence-electron chi connectivity index (χ3n) is 6.74. The molecule has 2 saturated heterocycles. The standard InChI is InChI=1S/C22H21ClF3N7O/c1-12-13-6-15(7-13)32(18(12)9-28-20-11-27-19(10-29-20)22(24,25)26)21(34)16-3-2-14(23)8-17(16)33-30-4-5-31-33/h2-5,8,10-13,15,18H,6-7,9H2,1H3,(H,28,29)/t12-,13?,15?,18?/m1/s1. The van der Waals surface area contributed by atoms with E-state index < -0.39 is 11.9 Å². The number of amides is 1. The van der Waals surface area contributed by atoms with Crippen LogP contribution in [0.1, 0.15) is 35.8 Å². The zero-order valence-corrected chi connectivity index (χ0v) is 18.8. The van der Waals surface area contributed by atoms with Crippen molar-refractivity contribution in [2.45, 2.75) is 38.0 Å². The highest BCUT2D eigenvalue weighted by molar-refractivity contribution is 6.31. The third-order valence-corrected chi connectivity index (χ3v) is 6.98. The molecule has 3 fully saturated rings. The summed E-state index contributed by atoms with van der Waals surface area (Å²) in [5.74, 6) is 0.753. The van der Waals surface area contributed by atoms with E-state index in [0.717, 1.165) is 19.0 Å². The van der Waals surface area contributed by atoms with Crippen molar-refractivity contribution in [3.05, 3.63) is 59.3 Å². The topological polar surface area (TPSA) is 88.8 Å². The van der Waals surface area contributed by atoms with Crippen molar-refractivity contribution in [3.8, 4) is 5.69 Å². The van der Waals surface area contributed by atoms with Gasteiger partial charge in [-0.05, 0) is 42.9 Å². The second-order valence-corrected chi connectivity index (χ2v) is 9.11. The SMILES string of the molecule is C[C@@H]1C2CC(C2)N(C(=O)c2ccc(Cl)cc2-n2nccn2)C1CNc1cnc(C(F)(F)F)cn1. The van der Waals surface area contributed by atoms with Gasteiger partial charge in [0.25, 0.3) is 5.91 Å². The summed E-state index contributed by atoms with van der Waals surface area (Å²) in [5, 5.41) is 11.8. The summed E-state index contributed by atoms with van der Waals surface area (Å²) in [5.41, 5.74) is -0.140. The smallest absolute Gasteiger partial charge is 0.367 e. The van der Waals surface area contributed by atoms with Gasteiger partial charge in [0.05, 0.1) is 42.1 Å². The maximum absolute atomic E-state index is 13.8. The summed E-state index contributed by atoms with van der Waals surface area (Å²) >= 11 is 6.18. The highest BCUT2D eigenvalue weighted by Gasteiger charge is 2.50. The van der Waals surface area contributed by atoms with Crippen molar-refractivity contribution in [2.75, 3.05) is 11.9 Å². The summed E-state index contributed by atoms with van der Waals surface area (Å²) in [7, 11) is 0. The average Bonchev–Trinajstić information content (AvgIpc) is 3.31. The molecule has 2 atom stereocenters. The molecular formula is C22H21ClF3N7O. The fraction of sp³-hybridized carbons (Fsp3) is 0.409. The number of alkyl halides is 3. The first-order chi connectivity index (χ1) is 16.2. The molecule has 1 unspecified atom stereocenters. The summed E-state index contributed by atoms with van der Waals surface area (Å²) in [6.07, 6.45) is 2.10. The molecule has 2 bridgehead atoms. The lowest BCUT2D eigenvalue weighted by Gasteiger charge is -2.57. The van der Waals surface area contributed by atoms with E-state index in [2.05, 4.69) is 32.4 Å². The summed E-state index contributed by atoms with van der Waals surface area (Å²) < 4.78 is 38.3. The average molecular weight is 492 g/mol. The minimum Gasteiger partial charge on any atom is -0.367 e. The van der Waals surface area contributed by atoms with Crippen molar-refractivity contribution in [3.63, 3.8) is 0 Å². The number of piperidine rings is 2. The predicted molar refractivity (Wildman–Crippen MR) is 118 cm³/mol. The lowest BCUT2D eigenvalue weighted by Crippen LogP contribution is -2.64. The summed E-state index contributed by atoms with van der Waals surface area (Å²) in [4.78, 5) is 24.3. The fourth-order valence-corrected chi connectivity index (χ4v) is 5.00. The number of benzene rings is 1. The molecule has 178 valence electrons. The second kappa shape index (κ2) is 8.53. The summed E-state index contributed by atoms with van der Waals surface area (Å²) in [6.45, 7) is 2.44. The van der Waals surface area contributed by atoms with Gasteiger partial charge in [-0.3, -0.25) is 4.79 Å². The van der Waals surface area contributed by atoms with Gasteiger partial charge in [0.2, 0.25) is 0 Å². The molecule has 2 aliphatic heterocycles. The molecular weight excluding hydrogens is 471 g/mol. The van der Waals surface area contributed by atoms with E-state index in [-0.39, 0.29) is 29.7 Å². The van der Waals surface area contributed by atoms with E-state index in [0.29, 0.717) is 34.9 Å². The zero-order valence-electron chi connectivity index (χ0n) is 18.1. The number of carbonyl (C=O) groups is 1. The number of hydrogen-bond acceptors (Lipinski definition) is 6. The molecule has 6 rings (SSSR count). The minimum absolute atomic E-state index is 0.0910. The molecule has 8 nitrogen and oxygen atoms in total. The van der Waals surface area contributed by atoms with Gasteiger partial charge in [-0.15, -0.1) is 0 Å². The second-order valence-electron chi connectivity index (χ2n) is 8.67. The monoisotopic (exact) mass is 491 g/mol. The van der Waals surface area contributed by atoms with Gasteiger partial charge < -0.3 is 10.2 Å². The van der Waals surface area contributed by atoms with Crippen LogP contribution >= 0.6 is 11.6 Å². The van der Waals surface area contributed by atoms with E-state index in [4.69, 9.17) is 11.6 Å². The molecule has 1 saturated carbocycles.